The molecule has 8 heteroatoms. The Balaban J connectivity index is 1.52. The van der Waals surface area contributed by atoms with Gasteiger partial charge in [-0.15, -0.1) is 11.8 Å². The molecule has 0 saturated carbocycles. The van der Waals surface area contributed by atoms with Crippen LogP contribution in [0.4, 0.5) is 0 Å². The van der Waals surface area contributed by atoms with Crippen LogP contribution in [0.2, 0.25) is 0 Å². The molecular formula is C16H9N3O3S2. The molecule has 0 bridgehead atoms. The van der Waals surface area contributed by atoms with Crippen molar-refractivity contribution in [3.8, 4) is 0 Å². The van der Waals surface area contributed by atoms with Gasteiger partial charge < -0.3 is 5.11 Å². The second kappa shape index (κ2) is 4.71. The molecule has 0 unspecified atom stereocenters. The van der Waals surface area contributed by atoms with E-state index in [0.29, 0.717) is 5.57 Å². The van der Waals surface area contributed by atoms with E-state index in [1.54, 1.807) is 0 Å². The highest BCUT2D eigenvalue weighted by molar-refractivity contribution is 8.03. The molecule has 2 aromatic heterocycles. The number of carboxylic acid groups (broad SMARTS) is 1. The van der Waals surface area contributed by atoms with Crippen molar-refractivity contribution in [2.45, 2.75) is 5.37 Å². The van der Waals surface area contributed by atoms with Gasteiger partial charge in [-0.05, 0) is 18.2 Å². The first-order chi connectivity index (χ1) is 11.6. The Morgan fingerprint density at radius 2 is 2.17 bits per heavy atom. The molecule has 1 atom stereocenters. The van der Waals surface area contributed by atoms with Crippen LogP contribution in [-0.4, -0.2) is 36.6 Å². The van der Waals surface area contributed by atoms with Gasteiger partial charge in [-0.1, -0.05) is 23.5 Å². The number of hydrogen-bond donors (Lipinski definition) is 1. The van der Waals surface area contributed by atoms with Crippen LogP contribution in [0.1, 0.15) is 4.88 Å². The lowest BCUT2D eigenvalue weighted by Crippen LogP contribution is -2.51. The molecule has 3 aromatic rings. The predicted octanol–water partition coefficient (Wildman–Crippen LogP) is 2.77. The summed E-state index contributed by atoms with van der Waals surface area (Å²) >= 11 is 2.85. The van der Waals surface area contributed by atoms with E-state index in [-0.39, 0.29) is 17.0 Å². The van der Waals surface area contributed by atoms with E-state index in [1.807, 2.05) is 40.9 Å². The Labute approximate surface area is 143 Å². The van der Waals surface area contributed by atoms with Gasteiger partial charge in [0.25, 0.3) is 5.91 Å². The fourth-order valence-corrected chi connectivity index (χ4v) is 5.03. The summed E-state index contributed by atoms with van der Waals surface area (Å²) in [6.45, 7) is 0. The number of aromatic nitrogens is 2. The highest BCUT2D eigenvalue weighted by Crippen LogP contribution is 2.45. The van der Waals surface area contributed by atoms with Crippen molar-refractivity contribution >= 4 is 57.0 Å². The molecule has 0 aliphatic carbocycles. The van der Waals surface area contributed by atoms with Gasteiger partial charge in [-0.2, -0.15) is 0 Å². The molecule has 1 fully saturated rings. The lowest BCUT2D eigenvalue weighted by Gasteiger charge is -2.37. The van der Waals surface area contributed by atoms with Crippen LogP contribution >= 0.6 is 23.1 Å². The molecule has 1 amide bonds. The molecule has 1 aromatic carbocycles. The Hall–Kier alpha value is -2.58. The molecule has 2 aliphatic heterocycles. The summed E-state index contributed by atoms with van der Waals surface area (Å²) in [5.74, 6) is -1.31. The molecule has 1 N–H and O–H groups in total. The van der Waals surface area contributed by atoms with Crippen molar-refractivity contribution in [1.82, 2.24) is 14.3 Å². The number of aliphatic carboxylic acids is 1. The lowest BCUT2D eigenvalue weighted by molar-refractivity contribution is -0.141. The average Bonchev–Trinajstić information content (AvgIpc) is 3.22. The highest BCUT2D eigenvalue weighted by atomic mass is 32.2. The number of amides is 1. The zero-order valence-corrected chi connectivity index (χ0v) is 13.7. The fraction of sp³-hybridized carbons (Fsp3) is 0.0625. The number of thioether (sulfide) groups is 1. The van der Waals surface area contributed by atoms with E-state index in [9.17, 15) is 9.59 Å². The molecule has 24 heavy (non-hydrogen) atoms. The third-order valence-electron chi connectivity index (χ3n) is 4.08. The van der Waals surface area contributed by atoms with Crippen molar-refractivity contribution in [2.75, 3.05) is 0 Å². The summed E-state index contributed by atoms with van der Waals surface area (Å²) in [6.07, 6.45) is 3.80. The number of imidazole rings is 1. The lowest BCUT2D eigenvalue weighted by atomic mass is 10.0. The van der Waals surface area contributed by atoms with E-state index >= 15 is 0 Å². The van der Waals surface area contributed by atoms with Crippen molar-refractivity contribution in [2.24, 2.45) is 0 Å². The average molecular weight is 355 g/mol. The van der Waals surface area contributed by atoms with Gasteiger partial charge in [0.05, 0.1) is 16.6 Å². The van der Waals surface area contributed by atoms with E-state index in [0.717, 1.165) is 20.9 Å². The van der Waals surface area contributed by atoms with Gasteiger partial charge in [-0.3, -0.25) is 14.1 Å². The number of nitrogens with zero attached hydrogens (tertiary/aromatic N) is 3. The van der Waals surface area contributed by atoms with E-state index in [1.165, 1.54) is 33.4 Å². The van der Waals surface area contributed by atoms with Crippen molar-refractivity contribution in [3.05, 3.63) is 52.0 Å². The number of rotatable bonds is 2. The van der Waals surface area contributed by atoms with Crippen LogP contribution in [0, 0.1) is 0 Å². The van der Waals surface area contributed by atoms with Crippen LogP contribution in [-0.2, 0) is 9.59 Å². The van der Waals surface area contributed by atoms with Gasteiger partial charge in [-0.25, -0.2) is 9.78 Å². The second-order valence-electron chi connectivity index (χ2n) is 5.46. The zero-order valence-electron chi connectivity index (χ0n) is 12.0. The number of benzene rings is 1. The first-order valence-electron chi connectivity index (χ1n) is 7.14. The van der Waals surface area contributed by atoms with E-state index < -0.39 is 5.97 Å². The molecule has 4 heterocycles. The van der Waals surface area contributed by atoms with E-state index in [4.69, 9.17) is 5.11 Å². The summed E-state index contributed by atoms with van der Waals surface area (Å²) in [6, 6.07) is 7.89. The number of fused-ring (bicyclic) bond motifs is 4. The number of carbonyl (C=O) groups is 2. The Morgan fingerprint density at radius 3 is 3.00 bits per heavy atom. The number of β-lactam (4-membered cyclic amide) rings is 1. The van der Waals surface area contributed by atoms with Crippen molar-refractivity contribution < 1.29 is 14.7 Å². The Kier molecular flexibility index (Phi) is 2.71. The SMILES string of the molecule is O=C(O)C1=CS[C@@H]2/C(=C\c3cn4c(nc5ccccc54)s3)C(=O)N12. The number of thiazole rings is 1. The van der Waals surface area contributed by atoms with Gasteiger partial charge in [0, 0.05) is 16.5 Å². The predicted molar refractivity (Wildman–Crippen MR) is 92.5 cm³/mol. The van der Waals surface area contributed by atoms with Crippen LogP contribution in [0.25, 0.3) is 22.1 Å². The topological polar surface area (TPSA) is 74.9 Å². The third kappa shape index (κ3) is 1.75. The first kappa shape index (κ1) is 13.8. The van der Waals surface area contributed by atoms with E-state index in [2.05, 4.69) is 4.98 Å². The maximum atomic E-state index is 12.3. The second-order valence-corrected chi connectivity index (χ2v) is 7.45. The minimum absolute atomic E-state index is 0.0547. The highest BCUT2D eigenvalue weighted by Gasteiger charge is 2.49. The maximum absolute atomic E-state index is 12.3. The van der Waals surface area contributed by atoms with Crippen LogP contribution < -0.4 is 0 Å². The maximum Gasteiger partial charge on any atom is 0.353 e. The molecule has 6 nitrogen and oxygen atoms in total. The largest absolute Gasteiger partial charge is 0.477 e. The first-order valence-corrected chi connectivity index (χ1v) is 8.90. The molecule has 0 spiro atoms. The minimum atomic E-state index is -1.07. The van der Waals surface area contributed by atoms with Crippen LogP contribution in [0.5, 0.6) is 0 Å². The summed E-state index contributed by atoms with van der Waals surface area (Å²) < 4.78 is 2.01. The third-order valence-corrected chi connectivity index (χ3v) is 6.09. The minimum Gasteiger partial charge on any atom is -0.477 e. The Morgan fingerprint density at radius 1 is 1.33 bits per heavy atom. The number of hydrogen-bond acceptors (Lipinski definition) is 5. The molecule has 2 aliphatic rings. The quantitative estimate of drug-likeness (QED) is 0.565. The van der Waals surface area contributed by atoms with Gasteiger partial charge in [0.1, 0.15) is 11.1 Å². The normalized spacial score (nSPS) is 21.4. The van der Waals surface area contributed by atoms with Crippen LogP contribution in [0.15, 0.2) is 47.1 Å². The van der Waals surface area contributed by atoms with Crippen LogP contribution in [0.3, 0.4) is 0 Å². The summed E-state index contributed by atoms with van der Waals surface area (Å²) in [5.41, 5.74) is 2.65. The van der Waals surface area contributed by atoms with Gasteiger partial charge in [0.15, 0.2) is 4.96 Å². The van der Waals surface area contributed by atoms with Crippen molar-refractivity contribution in [1.29, 1.82) is 0 Å². The monoisotopic (exact) mass is 355 g/mol. The fourth-order valence-electron chi connectivity index (χ4n) is 2.96. The van der Waals surface area contributed by atoms with Crippen molar-refractivity contribution in [3.63, 3.8) is 0 Å². The van der Waals surface area contributed by atoms with Gasteiger partial charge >= 0.3 is 5.97 Å². The number of carboxylic acids is 1. The number of carbonyl (C=O) groups excluding carboxylic acids is 1. The Bertz CT molecular complexity index is 1110. The molecule has 5 rings (SSSR count). The summed E-state index contributed by atoms with van der Waals surface area (Å²) in [7, 11) is 0. The molecule has 0 radical (unpaired) electrons. The number of para-hydroxylation sites is 2. The zero-order chi connectivity index (χ0) is 16.4. The molecular weight excluding hydrogens is 346 g/mol. The smallest absolute Gasteiger partial charge is 0.353 e. The standard InChI is InChI=1S/C16H9N3O3S2/c20-13-9(14-19(13)12(7-23-14)15(21)22)5-8-6-18-11-4-2-1-3-10(11)17-16(18)24-8/h1-7,14H,(H,21,22)/b9-5-/t14-/m1/s1. The van der Waals surface area contributed by atoms with Gasteiger partial charge in [0.2, 0.25) is 0 Å². The summed E-state index contributed by atoms with van der Waals surface area (Å²) in [5, 5.41) is 10.4. The molecule has 1 saturated heterocycles. The summed E-state index contributed by atoms with van der Waals surface area (Å²) in [4.78, 5) is 31.0. The molecule has 118 valence electrons.